The predicted molar refractivity (Wildman–Crippen MR) is 44.1 cm³/mol. The molecule has 8 nitrogen and oxygen atoms in total. The van der Waals surface area contributed by atoms with E-state index in [1.165, 1.54) is 0 Å². The number of hydrogen-bond acceptors (Lipinski definition) is 6. The van der Waals surface area contributed by atoms with Crippen LogP contribution in [0.2, 0.25) is 0 Å². The molecule has 1 aromatic rings. The van der Waals surface area contributed by atoms with Gasteiger partial charge in [0.15, 0.2) is 0 Å². The van der Waals surface area contributed by atoms with E-state index in [-0.39, 0.29) is 29.6 Å². The molecule has 0 aliphatic rings. The molecule has 0 unspecified atom stereocenters. The quantitative estimate of drug-likeness (QED) is 0.309. The monoisotopic (exact) mass is 234 g/mol. The molecule has 0 aliphatic carbocycles. The topological polar surface area (TPSA) is 126 Å². The molecule has 0 atom stereocenters. The van der Waals surface area contributed by atoms with Crippen molar-refractivity contribution in [3.8, 4) is 0 Å². The van der Waals surface area contributed by atoms with Gasteiger partial charge < -0.3 is 9.90 Å². The van der Waals surface area contributed by atoms with E-state index < -0.39 is 32.8 Å². The van der Waals surface area contributed by atoms with Crippen molar-refractivity contribution in [1.29, 1.82) is 0 Å². The number of carboxylic acids is 1. The van der Waals surface area contributed by atoms with Crippen LogP contribution in [0, 0.1) is 20.2 Å². The second kappa shape index (κ2) is 5.54. The smallest absolute Gasteiger partial charge is 0.545 e. The first-order valence-corrected chi connectivity index (χ1v) is 3.57. The molecule has 1 rings (SSSR count). The molecule has 0 aromatic heterocycles. The normalized spacial score (nSPS) is 9.00. The summed E-state index contributed by atoms with van der Waals surface area (Å²) in [6.07, 6.45) is 0. The number of carbonyl (C=O) groups excluding carboxylic acids is 1. The second-order valence-electron chi connectivity index (χ2n) is 2.50. The largest absolute Gasteiger partial charge is 1.00 e. The predicted octanol–water partition coefficient (Wildman–Crippen LogP) is -3.13. The van der Waals surface area contributed by atoms with Crippen LogP contribution in [-0.2, 0) is 0 Å². The van der Waals surface area contributed by atoms with Crippen LogP contribution < -0.4 is 34.7 Å². The number of nitro benzene ring substituents is 2. The first kappa shape index (κ1) is 14.5. The fourth-order valence-corrected chi connectivity index (χ4v) is 0.957. The SMILES string of the molecule is O=C([O-])c1ccc([N+](=O)[O-])cc1[N+](=O)[O-].[Na+]. The number of aromatic carboxylic acids is 1. The van der Waals surface area contributed by atoms with Gasteiger partial charge in [0.25, 0.3) is 11.4 Å². The molecule has 0 spiro atoms. The summed E-state index contributed by atoms with van der Waals surface area (Å²) < 4.78 is 0. The summed E-state index contributed by atoms with van der Waals surface area (Å²) in [6.45, 7) is 0. The first-order chi connectivity index (χ1) is 6.93. The van der Waals surface area contributed by atoms with Gasteiger partial charge in [-0.05, 0) is 6.07 Å². The summed E-state index contributed by atoms with van der Waals surface area (Å²) in [5, 5.41) is 31.1. The third-order valence-corrected chi connectivity index (χ3v) is 1.61. The van der Waals surface area contributed by atoms with E-state index in [2.05, 4.69) is 0 Å². The Bertz CT molecular complexity index is 460. The molecule has 0 N–H and O–H groups in total. The molecule has 0 saturated carbocycles. The van der Waals surface area contributed by atoms with E-state index in [1.54, 1.807) is 0 Å². The van der Waals surface area contributed by atoms with E-state index in [1.807, 2.05) is 0 Å². The molecule has 0 heterocycles. The Morgan fingerprint density at radius 2 is 1.69 bits per heavy atom. The molecule has 1 aromatic carbocycles. The fourth-order valence-electron chi connectivity index (χ4n) is 0.957. The standard InChI is InChI=1S/C7H4N2O6.Na/c10-7(11)5-2-1-4(8(12)13)3-6(5)9(14)15;/h1-3H,(H,10,11);/q;+1/p-1. The number of rotatable bonds is 3. The molecule has 0 saturated heterocycles. The van der Waals surface area contributed by atoms with Gasteiger partial charge in [-0.1, -0.05) is 0 Å². The van der Waals surface area contributed by atoms with E-state index in [0.717, 1.165) is 12.1 Å². The van der Waals surface area contributed by atoms with Gasteiger partial charge in [-0.2, -0.15) is 0 Å². The van der Waals surface area contributed by atoms with Gasteiger partial charge in [0.05, 0.1) is 27.4 Å². The van der Waals surface area contributed by atoms with Crippen molar-refractivity contribution in [1.82, 2.24) is 0 Å². The zero-order chi connectivity index (χ0) is 11.6. The van der Waals surface area contributed by atoms with Crippen molar-refractivity contribution in [2.45, 2.75) is 0 Å². The zero-order valence-electron chi connectivity index (χ0n) is 8.08. The van der Waals surface area contributed by atoms with Crippen LogP contribution >= 0.6 is 0 Å². The van der Waals surface area contributed by atoms with Crippen molar-refractivity contribution in [3.05, 3.63) is 44.0 Å². The van der Waals surface area contributed by atoms with Crippen LogP contribution in [0.3, 0.4) is 0 Å². The van der Waals surface area contributed by atoms with E-state index in [4.69, 9.17) is 0 Å². The third-order valence-electron chi connectivity index (χ3n) is 1.61. The Balaban J connectivity index is 0.00000225. The van der Waals surface area contributed by atoms with Crippen LogP contribution in [-0.4, -0.2) is 15.8 Å². The molecular weight excluding hydrogens is 231 g/mol. The van der Waals surface area contributed by atoms with Gasteiger partial charge in [0, 0.05) is 6.07 Å². The van der Waals surface area contributed by atoms with E-state index in [0.29, 0.717) is 6.07 Å². The Morgan fingerprint density at radius 3 is 2.06 bits per heavy atom. The Morgan fingerprint density at radius 1 is 1.12 bits per heavy atom. The summed E-state index contributed by atoms with van der Waals surface area (Å²) in [5.74, 6) is -1.75. The van der Waals surface area contributed by atoms with Crippen LogP contribution in [0.5, 0.6) is 0 Å². The molecule has 0 aliphatic heterocycles. The minimum absolute atomic E-state index is 0. The molecule has 0 radical (unpaired) electrons. The zero-order valence-corrected chi connectivity index (χ0v) is 10.1. The number of nitro groups is 2. The molecule has 0 amide bonds. The Kier molecular flexibility index (Phi) is 5.02. The van der Waals surface area contributed by atoms with Crippen molar-refractivity contribution >= 4 is 17.3 Å². The maximum Gasteiger partial charge on any atom is 1.00 e. The average molecular weight is 234 g/mol. The number of carbonyl (C=O) groups is 1. The summed E-state index contributed by atoms with van der Waals surface area (Å²) in [5.41, 5.74) is -2.10. The van der Waals surface area contributed by atoms with Gasteiger partial charge in [0.2, 0.25) is 0 Å². The summed E-state index contributed by atoms with van der Waals surface area (Å²) in [7, 11) is 0. The molecule has 78 valence electrons. The number of benzene rings is 1. The first-order valence-electron chi connectivity index (χ1n) is 3.57. The molecule has 0 bridgehead atoms. The molecule has 0 fully saturated rings. The molecule has 16 heavy (non-hydrogen) atoms. The van der Waals surface area contributed by atoms with Crippen molar-refractivity contribution in [2.75, 3.05) is 0 Å². The summed E-state index contributed by atoms with van der Waals surface area (Å²) in [4.78, 5) is 29.2. The van der Waals surface area contributed by atoms with E-state index >= 15 is 0 Å². The minimum Gasteiger partial charge on any atom is -0.545 e. The third kappa shape index (κ3) is 2.99. The Hall–Kier alpha value is -1.51. The summed E-state index contributed by atoms with van der Waals surface area (Å²) in [6, 6.07) is 2.20. The van der Waals surface area contributed by atoms with Crippen LogP contribution in [0.1, 0.15) is 10.4 Å². The molecule has 9 heteroatoms. The fraction of sp³-hybridized carbons (Fsp3) is 0. The van der Waals surface area contributed by atoms with Gasteiger partial charge in [-0.3, -0.25) is 20.2 Å². The van der Waals surface area contributed by atoms with Gasteiger partial charge >= 0.3 is 29.6 Å². The van der Waals surface area contributed by atoms with Gasteiger partial charge in [-0.15, -0.1) is 0 Å². The second-order valence-corrected chi connectivity index (χ2v) is 2.50. The van der Waals surface area contributed by atoms with Crippen molar-refractivity contribution in [2.24, 2.45) is 0 Å². The number of nitrogens with zero attached hydrogens (tertiary/aromatic N) is 2. The van der Waals surface area contributed by atoms with Crippen molar-refractivity contribution in [3.63, 3.8) is 0 Å². The van der Waals surface area contributed by atoms with Crippen LogP contribution in [0.4, 0.5) is 11.4 Å². The minimum atomic E-state index is -1.75. The average Bonchev–Trinajstić information content (AvgIpc) is 2.16. The number of carboxylic acid groups (broad SMARTS) is 1. The maximum atomic E-state index is 10.4. The Labute approximate surface area is 110 Å². The van der Waals surface area contributed by atoms with Crippen LogP contribution in [0.25, 0.3) is 0 Å². The van der Waals surface area contributed by atoms with Crippen molar-refractivity contribution < 1.29 is 49.3 Å². The number of hydrogen-bond donors (Lipinski definition) is 0. The maximum absolute atomic E-state index is 10.4. The molecular formula is C7H3N2NaO6. The van der Waals surface area contributed by atoms with E-state index in [9.17, 15) is 30.1 Å². The number of non-ortho nitro benzene ring substituents is 1. The van der Waals surface area contributed by atoms with Crippen LogP contribution in [0.15, 0.2) is 18.2 Å². The van der Waals surface area contributed by atoms with Gasteiger partial charge in [-0.25, -0.2) is 0 Å². The van der Waals surface area contributed by atoms with Gasteiger partial charge in [0.1, 0.15) is 0 Å². The summed E-state index contributed by atoms with van der Waals surface area (Å²) >= 11 is 0.